The molecular weight excluding hydrogens is 737 g/mol. The van der Waals surface area contributed by atoms with Gasteiger partial charge in [0.1, 0.15) is 5.82 Å². The summed E-state index contributed by atoms with van der Waals surface area (Å²) in [7, 11) is 2.63. The summed E-state index contributed by atoms with van der Waals surface area (Å²) in [6.45, 7) is 2.22. The number of hydrogen-bond acceptors (Lipinski definition) is 10. The number of nitrogens with zero attached hydrogens (tertiary/aromatic N) is 8. The molecule has 0 atom stereocenters. The molecule has 2 aromatic carbocycles. The first-order chi connectivity index (χ1) is 25.4. The van der Waals surface area contributed by atoms with Crippen LogP contribution in [0.2, 0.25) is 0 Å². The summed E-state index contributed by atoms with van der Waals surface area (Å²) < 4.78 is 93.9. The Morgan fingerprint density at radius 3 is 1.67 bits per heavy atom. The lowest BCUT2D eigenvalue weighted by molar-refractivity contribution is -0.139. The van der Waals surface area contributed by atoms with E-state index in [2.05, 4.69) is 20.4 Å². The lowest BCUT2D eigenvalue weighted by Crippen LogP contribution is -2.51. The quantitative estimate of drug-likeness (QED) is 0.284. The van der Waals surface area contributed by atoms with Gasteiger partial charge in [-0.3, -0.25) is 28.4 Å². The van der Waals surface area contributed by atoms with E-state index in [1.54, 1.807) is 11.0 Å². The van der Waals surface area contributed by atoms with Crippen molar-refractivity contribution in [3.63, 3.8) is 0 Å². The summed E-state index contributed by atoms with van der Waals surface area (Å²) in [5.41, 5.74) is -4.78. The molecule has 6 rings (SSSR count). The summed E-state index contributed by atoms with van der Waals surface area (Å²) in [5.74, 6) is -1.79. The smallest absolute Gasteiger partial charge is 0.348 e. The number of anilines is 2. The maximum atomic E-state index is 13.4. The molecule has 2 aromatic heterocycles. The van der Waals surface area contributed by atoms with Crippen LogP contribution in [0, 0.1) is 5.82 Å². The van der Waals surface area contributed by atoms with Crippen molar-refractivity contribution < 1.29 is 35.5 Å². The van der Waals surface area contributed by atoms with E-state index in [0.717, 1.165) is 20.1 Å². The summed E-state index contributed by atoms with van der Waals surface area (Å²) >= 11 is 0. The lowest BCUT2D eigenvalue weighted by Gasteiger charge is -2.35. The monoisotopic (exact) mass is 770 g/mol. The SMILES string of the molecule is Cn1c(=O)[nH]nc(N2CCN(C(=O)c3cc(F)ccc3C(F)(F)F)CC2)c1=O.Cn1c(=O)[nH]nc(N2CCN(Cc3ccccc3C(F)(F)F)CC2)c1=O. The number of alkyl halides is 6. The summed E-state index contributed by atoms with van der Waals surface area (Å²) in [5, 5.41) is 11.9. The first-order valence-electron chi connectivity index (χ1n) is 16.2. The Balaban J connectivity index is 0.000000208. The van der Waals surface area contributed by atoms with Gasteiger partial charge in [0.2, 0.25) is 11.6 Å². The van der Waals surface area contributed by atoms with Crippen LogP contribution in [0.3, 0.4) is 0 Å². The first kappa shape index (κ1) is 39.4. The van der Waals surface area contributed by atoms with E-state index in [-0.39, 0.29) is 49.9 Å². The molecule has 0 spiro atoms. The van der Waals surface area contributed by atoms with E-state index in [1.807, 2.05) is 4.90 Å². The molecule has 2 N–H and O–H groups in total. The Bertz CT molecular complexity index is 2230. The second-order valence-electron chi connectivity index (χ2n) is 12.3. The van der Waals surface area contributed by atoms with E-state index in [4.69, 9.17) is 0 Å². The summed E-state index contributed by atoms with van der Waals surface area (Å²) in [4.78, 5) is 65.8. The predicted molar refractivity (Wildman–Crippen MR) is 179 cm³/mol. The third-order valence-electron chi connectivity index (χ3n) is 8.89. The minimum absolute atomic E-state index is 0.00337. The first-order valence-corrected chi connectivity index (χ1v) is 16.2. The number of benzene rings is 2. The number of rotatable bonds is 5. The Labute approximate surface area is 299 Å². The number of amides is 1. The highest BCUT2D eigenvalue weighted by Crippen LogP contribution is 2.34. The number of aromatic amines is 2. The largest absolute Gasteiger partial charge is 0.417 e. The van der Waals surface area contributed by atoms with E-state index >= 15 is 0 Å². The van der Waals surface area contributed by atoms with Gasteiger partial charge in [-0.2, -0.15) is 26.3 Å². The maximum absolute atomic E-state index is 13.4. The van der Waals surface area contributed by atoms with Crippen molar-refractivity contribution in [1.82, 2.24) is 39.3 Å². The molecule has 54 heavy (non-hydrogen) atoms. The molecule has 0 bridgehead atoms. The number of H-pyrrole nitrogens is 2. The fraction of sp³-hybridized carbons (Fsp3) is 0.406. The van der Waals surface area contributed by atoms with Crippen LogP contribution in [-0.2, 0) is 33.0 Å². The summed E-state index contributed by atoms with van der Waals surface area (Å²) in [6.07, 6.45) is -9.18. The molecule has 2 fully saturated rings. The molecule has 290 valence electrons. The third-order valence-corrected chi connectivity index (χ3v) is 8.89. The average Bonchev–Trinajstić information content (AvgIpc) is 3.13. The fourth-order valence-electron chi connectivity index (χ4n) is 5.87. The molecule has 0 radical (unpaired) electrons. The Morgan fingerprint density at radius 2 is 1.17 bits per heavy atom. The van der Waals surface area contributed by atoms with Gasteiger partial charge in [0.05, 0.1) is 16.7 Å². The van der Waals surface area contributed by atoms with Crippen LogP contribution >= 0.6 is 0 Å². The number of hydrogen-bond donors (Lipinski definition) is 2. The van der Waals surface area contributed by atoms with Gasteiger partial charge in [-0.15, -0.1) is 10.2 Å². The van der Waals surface area contributed by atoms with Crippen molar-refractivity contribution in [3.05, 3.63) is 112 Å². The second-order valence-corrected chi connectivity index (χ2v) is 12.3. The third kappa shape index (κ3) is 8.69. The zero-order chi connectivity index (χ0) is 39.5. The predicted octanol–water partition coefficient (Wildman–Crippen LogP) is 1.40. The van der Waals surface area contributed by atoms with Crippen molar-refractivity contribution in [2.45, 2.75) is 18.9 Å². The number of halogens is 7. The molecule has 0 saturated carbocycles. The Morgan fingerprint density at radius 1 is 0.685 bits per heavy atom. The Kier molecular flexibility index (Phi) is 11.4. The number of nitrogens with one attached hydrogen (secondary N) is 2. The maximum Gasteiger partial charge on any atom is 0.417 e. The van der Waals surface area contributed by atoms with Gasteiger partial charge in [0.25, 0.3) is 17.0 Å². The number of carbonyl (C=O) groups excluding carboxylic acids is 1. The van der Waals surface area contributed by atoms with E-state index in [1.165, 1.54) is 31.1 Å². The molecule has 4 heterocycles. The standard InChI is InChI=1S/C16H15F4N5O3.C16H18F3N5O2/c1-23-14(27)12(21-22-15(23)28)24-4-6-25(7-5-24)13(26)10-8-9(17)2-3-11(10)16(18,19)20;1-22-14(25)13(20-21-15(22)26)24-8-6-23(7-9-24)10-11-4-2-3-5-12(11)16(17,18)19/h2-3,8H,4-7H2,1H3,(H,22,28);2-5H,6-10H2,1H3,(H,21,26). The normalized spacial score (nSPS) is 15.5. The second kappa shape index (κ2) is 15.7. The van der Waals surface area contributed by atoms with Gasteiger partial charge in [-0.25, -0.2) is 24.2 Å². The molecule has 2 aliphatic heterocycles. The molecule has 15 nitrogen and oxygen atoms in total. The number of piperazine rings is 2. The average molecular weight is 771 g/mol. The van der Waals surface area contributed by atoms with Gasteiger partial charge in [0, 0.05) is 73.0 Å². The van der Waals surface area contributed by atoms with Crippen molar-refractivity contribution >= 4 is 17.5 Å². The van der Waals surface area contributed by atoms with Gasteiger partial charge in [0.15, 0.2) is 0 Å². The minimum Gasteiger partial charge on any atom is -0.348 e. The zero-order valence-corrected chi connectivity index (χ0v) is 28.7. The topological polar surface area (TPSA) is 166 Å². The highest BCUT2D eigenvalue weighted by Gasteiger charge is 2.37. The van der Waals surface area contributed by atoms with Crippen LogP contribution in [0.15, 0.2) is 61.6 Å². The minimum atomic E-state index is -4.80. The highest BCUT2D eigenvalue weighted by atomic mass is 19.4. The van der Waals surface area contributed by atoms with Gasteiger partial charge >= 0.3 is 23.7 Å². The van der Waals surface area contributed by atoms with E-state index in [9.17, 15) is 54.7 Å². The van der Waals surface area contributed by atoms with Crippen molar-refractivity contribution in [3.8, 4) is 0 Å². The van der Waals surface area contributed by atoms with Crippen molar-refractivity contribution in [2.75, 3.05) is 62.2 Å². The molecule has 4 aromatic rings. The lowest BCUT2D eigenvalue weighted by atomic mass is 10.0. The van der Waals surface area contributed by atoms with Crippen molar-refractivity contribution in [2.24, 2.45) is 14.1 Å². The van der Waals surface area contributed by atoms with E-state index < -0.39 is 63.3 Å². The van der Waals surface area contributed by atoms with Crippen molar-refractivity contribution in [1.29, 1.82) is 0 Å². The fourth-order valence-corrected chi connectivity index (χ4v) is 5.87. The molecule has 1 amide bonds. The van der Waals surface area contributed by atoms with Crippen LogP contribution in [0.1, 0.15) is 27.0 Å². The van der Waals surface area contributed by atoms with Crippen LogP contribution in [0.25, 0.3) is 0 Å². The van der Waals surface area contributed by atoms with Crippen LogP contribution in [0.4, 0.5) is 42.4 Å². The molecule has 22 heteroatoms. The van der Waals surface area contributed by atoms with E-state index in [0.29, 0.717) is 44.4 Å². The highest BCUT2D eigenvalue weighted by molar-refractivity contribution is 5.96. The number of carbonyl (C=O) groups is 1. The molecule has 0 unspecified atom stereocenters. The Hall–Kier alpha value is -5.80. The molecule has 2 aliphatic rings. The van der Waals surface area contributed by atoms with Crippen LogP contribution < -0.4 is 32.3 Å². The van der Waals surface area contributed by atoms with Gasteiger partial charge in [-0.05, 0) is 29.8 Å². The number of aromatic nitrogens is 6. The summed E-state index contributed by atoms with van der Waals surface area (Å²) in [6, 6.07) is 7.28. The molecule has 2 saturated heterocycles. The molecular formula is C32H33F7N10O5. The van der Waals surface area contributed by atoms with Crippen LogP contribution in [0.5, 0.6) is 0 Å². The zero-order valence-electron chi connectivity index (χ0n) is 28.7. The van der Waals surface area contributed by atoms with Crippen LogP contribution in [-0.4, -0.2) is 97.6 Å². The molecule has 0 aliphatic carbocycles. The van der Waals surface area contributed by atoms with Gasteiger partial charge in [-0.1, -0.05) is 18.2 Å². The van der Waals surface area contributed by atoms with Gasteiger partial charge < -0.3 is 14.7 Å².